The van der Waals surface area contributed by atoms with Crippen molar-refractivity contribution in [1.29, 1.82) is 0 Å². The number of aromatic nitrogens is 2. The lowest BCUT2D eigenvalue weighted by Gasteiger charge is -2.17. The van der Waals surface area contributed by atoms with E-state index in [2.05, 4.69) is 6.92 Å². The number of carbonyl (C=O) groups is 3. The number of carbonyl (C=O) groups excluding carboxylic acids is 1. The summed E-state index contributed by atoms with van der Waals surface area (Å²) < 4.78 is 2.05. The van der Waals surface area contributed by atoms with Crippen molar-refractivity contribution >= 4 is 28.8 Å². The van der Waals surface area contributed by atoms with E-state index in [0.717, 1.165) is 52.9 Å². The molecule has 4 rings (SSSR count). The lowest BCUT2D eigenvalue weighted by atomic mass is 9.94. The van der Waals surface area contributed by atoms with Gasteiger partial charge in [-0.3, -0.25) is 14.2 Å². The second-order valence-electron chi connectivity index (χ2n) is 9.33. The van der Waals surface area contributed by atoms with Crippen LogP contribution < -0.4 is 0 Å². The Labute approximate surface area is 215 Å². The highest BCUT2D eigenvalue weighted by Crippen LogP contribution is 2.33. The summed E-state index contributed by atoms with van der Waals surface area (Å²) in [6, 6.07) is 18.0. The molecule has 7 nitrogen and oxygen atoms in total. The van der Waals surface area contributed by atoms with Gasteiger partial charge < -0.3 is 10.2 Å². The Balaban J connectivity index is 1.92. The first-order valence-electron chi connectivity index (χ1n) is 12.4. The van der Waals surface area contributed by atoms with Gasteiger partial charge in [-0.15, -0.1) is 0 Å². The van der Waals surface area contributed by atoms with E-state index in [1.165, 1.54) is 0 Å². The topological polar surface area (TPSA) is 109 Å². The monoisotopic (exact) mass is 498 g/mol. The third-order valence-electron chi connectivity index (χ3n) is 6.68. The van der Waals surface area contributed by atoms with Gasteiger partial charge in [-0.05, 0) is 60.4 Å². The third kappa shape index (κ3) is 5.16. The molecule has 0 fully saturated rings. The highest BCUT2D eigenvalue weighted by atomic mass is 16.4. The first kappa shape index (κ1) is 25.8. The predicted molar refractivity (Wildman–Crippen MR) is 143 cm³/mol. The summed E-state index contributed by atoms with van der Waals surface area (Å²) in [5.74, 6) is -2.03. The van der Waals surface area contributed by atoms with Gasteiger partial charge in [-0.2, -0.15) is 0 Å². The quantitative estimate of drug-likeness (QED) is 0.247. The van der Waals surface area contributed by atoms with E-state index in [1.807, 2.05) is 35.8 Å². The van der Waals surface area contributed by atoms with Crippen LogP contribution in [0.3, 0.4) is 0 Å². The van der Waals surface area contributed by atoms with Gasteiger partial charge in [0.1, 0.15) is 5.82 Å². The van der Waals surface area contributed by atoms with Crippen molar-refractivity contribution in [2.24, 2.45) is 5.92 Å². The number of nitrogens with zero attached hydrogens (tertiary/aromatic N) is 2. The van der Waals surface area contributed by atoms with Gasteiger partial charge in [0.15, 0.2) is 5.78 Å². The van der Waals surface area contributed by atoms with Crippen molar-refractivity contribution in [2.45, 2.75) is 46.5 Å². The number of carboxylic acid groups (broad SMARTS) is 2. The van der Waals surface area contributed by atoms with E-state index in [-0.39, 0.29) is 17.8 Å². The van der Waals surface area contributed by atoms with E-state index in [4.69, 9.17) is 10.1 Å². The maximum Gasteiger partial charge on any atom is 0.336 e. The van der Waals surface area contributed by atoms with Crippen LogP contribution in [0.1, 0.15) is 65.2 Å². The van der Waals surface area contributed by atoms with Crippen molar-refractivity contribution in [3.63, 3.8) is 0 Å². The number of fused-ring (bicyclic) bond motifs is 1. The average molecular weight is 499 g/mol. The van der Waals surface area contributed by atoms with Crippen LogP contribution in [-0.4, -0.2) is 37.5 Å². The molecule has 0 radical (unpaired) electrons. The summed E-state index contributed by atoms with van der Waals surface area (Å²) in [6.07, 6.45) is 2.43. The van der Waals surface area contributed by atoms with Gasteiger partial charge in [-0.1, -0.05) is 50.6 Å². The lowest BCUT2D eigenvalue weighted by molar-refractivity contribution is -0.137. The maximum atomic E-state index is 13.0. The van der Waals surface area contributed by atoms with Gasteiger partial charge in [0.2, 0.25) is 0 Å². The normalized spacial score (nSPS) is 12.0. The zero-order valence-corrected chi connectivity index (χ0v) is 21.2. The number of imidazole rings is 1. The zero-order valence-electron chi connectivity index (χ0n) is 21.2. The van der Waals surface area contributed by atoms with Crippen LogP contribution in [0, 0.1) is 12.8 Å². The number of hydrogen-bond donors (Lipinski definition) is 2. The number of carboxylic acids is 2. The molecule has 0 aliphatic heterocycles. The molecule has 2 N–H and O–H groups in total. The molecule has 1 aromatic heterocycles. The molecule has 0 aliphatic rings. The molecule has 0 amide bonds. The molecule has 0 saturated heterocycles. The Morgan fingerprint density at radius 1 is 0.973 bits per heavy atom. The van der Waals surface area contributed by atoms with Crippen molar-refractivity contribution in [3.05, 3.63) is 83.2 Å². The Kier molecular flexibility index (Phi) is 7.53. The van der Waals surface area contributed by atoms with Gasteiger partial charge in [0.25, 0.3) is 0 Å². The molecule has 3 aromatic carbocycles. The molecule has 190 valence electrons. The van der Waals surface area contributed by atoms with Crippen LogP contribution in [0.4, 0.5) is 0 Å². The minimum atomic E-state index is -1.01. The summed E-state index contributed by atoms with van der Waals surface area (Å²) in [6.45, 7) is 5.70. The van der Waals surface area contributed by atoms with Crippen LogP contribution in [0.25, 0.3) is 27.8 Å². The molecule has 1 unspecified atom stereocenters. The molecule has 0 bridgehead atoms. The smallest absolute Gasteiger partial charge is 0.336 e. The van der Waals surface area contributed by atoms with Crippen LogP contribution >= 0.6 is 0 Å². The molecule has 1 heterocycles. The zero-order chi connectivity index (χ0) is 26.7. The highest BCUT2D eigenvalue weighted by molar-refractivity contribution is 6.02. The van der Waals surface area contributed by atoms with E-state index in [1.54, 1.807) is 43.3 Å². The van der Waals surface area contributed by atoms with E-state index in [9.17, 15) is 19.5 Å². The van der Waals surface area contributed by atoms with Gasteiger partial charge >= 0.3 is 11.9 Å². The van der Waals surface area contributed by atoms with Crippen molar-refractivity contribution in [3.8, 4) is 16.8 Å². The molecule has 0 spiro atoms. The third-order valence-corrected chi connectivity index (χ3v) is 6.68. The number of unbranched alkanes of at least 4 members (excludes halogenated alkanes) is 1. The molecule has 0 aliphatic carbocycles. The fourth-order valence-electron chi connectivity index (χ4n) is 4.75. The van der Waals surface area contributed by atoms with Crippen molar-refractivity contribution in [1.82, 2.24) is 9.55 Å². The van der Waals surface area contributed by atoms with Gasteiger partial charge in [0, 0.05) is 17.9 Å². The lowest BCUT2D eigenvalue weighted by Crippen LogP contribution is -2.15. The van der Waals surface area contributed by atoms with Gasteiger partial charge in [0.05, 0.1) is 28.7 Å². The Bertz CT molecular complexity index is 1500. The first-order valence-corrected chi connectivity index (χ1v) is 12.4. The molecular weight excluding hydrogens is 468 g/mol. The number of hydrogen-bond acceptors (Lipinski definition) is 4. The molecule has 7 heteroatoms. The van der Waals surface area contributed by atoms with Crippen molar-refractivity contribution < 1.29 is 24.6 Å². The number of Topliss-reactive ketones (excluding diaryl/α,β-unsaturated/α-hetero) is 1. The Hall–Kier alpha value is -4.26. The van der Waals surface area contributed by atoms with E-state index in [0.29, 0.717) is 11.1 Å². The average Bonchev–Trinajstić information content (AvgIpc) is 3.24. The largest absolute Gasteiger partial charge is 0.481 e. The fourth-order valence-corrected chi connectivity index (χ4v) is 4.75. The number of aliphatic carboxylic acids is 1. The second kappa shape index (κ2) is 10.8. The van der Waals surface area contributed by atoms with Crippen LogP contribution in [0.15, 0.2) is 60.7 Å². The minimum absolute atomic E-state index is 0.227. The van der Waals surface area contributed by atoms with E-state index < -0.39 is 17.9 Å². The molecule has 37 heavy (non-hydrogen) atoms. The van der Waals surface area contributed by atoms with Crippen molar-refractivity contribution in [2.75, 3.05) is 0 Å². The molecule has 1 atom stereocenters. The SMILES string of the molecule is CCCCc1nc2ccc(C(=O)C(C)CC(=O)O)cc2n1-c1cccc(-c2ccccc2C(=O)O)c1C. The number of aromatic carboxylic acids is 1. The van der Waals surface area contributed by atoms with Crippen LogP contribution in [0.5, 0.6) is 0 Å². The number of benzene rings is 3. The Morgan fingerprint density at radius 3 is 2.41 bits per heavy atom. The summed E-state index contributed by atoms with van der Waals surface area (Å²) >= 11 is 0. The highest BCUT2D eigenvalue weighted by Gasteiger charge is 2.22. The predicted octanol–water partition coefficient (Wildman–Crippen LogP) is 6.34. The maximum absolute atomic E-state index is 13.0. The fraction of sp³-hybridized carbons (Fsp3) is 0.267. The molecule has 4 aromatic rings. The summed E-state index contributed by atoms with van der Waals surface area (Å²) in [5, 5.41) is 18.9. The van der Waals surface area contributed by atoms with Crippen LogP contribution in [-0.2, 0) is 11.2 Å². The van der Waals surface area contributed by atoms with Gasteiger partial charge in [-0.25, -0.2) is 9.78 Å². The second-order valence-corrected chi connectivity index (χ2v) is 9.33. The number of aryl methyl sites for hydroxylation is 1. The van der Waals surface area contributed by atoms with E-state index >= 15 is 0 Å². The minimum Gasteiger partial charge on any atom is -0.481 e. The first-order chi connectivity index (χ1) is 17.7. The molecule has 0 saturated carbocycles. The number of ketones is 1. The summed E-state index contributed by atoms with van der Waals surface area (Å²) in [7, 11) is 0. The Morgan fingerprint density at radius 2 is 1.70 bits per heavy atom. The van der Waals surface area contributed by atoms with Crippen LogP contribution in [0.2, 0.25) is 0 Å². The standard InChI is InChI=1S/C30H30N2O5/c1-4-5-13-27-31-24-15-14-20(29(35)18(2)16-28(33)34)17-26(24)32(27)25-12-8-11-21(19(25)3)22-9-6-7-10-23(22)30(36)37/h6-12,14-15,17-18H,4-5,13,16H2,1-3H3,(H,33,34)(H,36,37). The summed E-state index contributed by atoms with van der Waals surface area (Å²) in [5.41, 5.74) is 5.35. The number of rotatable bonds is 10. The summed E-state index contributed by atoms with van der Waals surface area (Å²) in [4.78, 5) is 40.9. The molecular formula is C30H30N2O5.